The Labute approximate surface area is 114 Å². The van der Waals surface area contributed by atoms with Crippen LogP contribution in [0.15, 0.2) is 12.4 Å². The number of thioether (sulfide) groups is 1. The number of hydrogen-bond donors (Lipinski definition) is 2. The Morgan fingerprint density at radius 1 is 1.44 bits per heavy atom. The van der Waals surface area contributed by atoms with Crippen LogP contribution in [-0.2, 0) is 0 Å². The van der Waals surface area contributed by atoms with Crippen molar-refractivity contribution in [2.75, 3.05) is 18.6 Å². The molecule has 0 bridgehead atoms. The molecule has 0 fully saturated rings. The third-order valence-electron chi connectivity index (χ3n) is 2.98. The molecule has 1 heterocycles. The Hall–Kier alpha value is -0.520. The van der Waals surface area contributed by atoms with Gasteiger partial charge in [0.25, 0.3) is 0 Å². The van der Waals surface area contributed by atoms with Crippen molar-refractivity contribution >= 4 is 11.8 Å². The quantitative estimate of drug-likeness (QED) is 0.761. The van der Waals surface area contributed by atoms with E-state index in [1.54, 1.807) is 11.8 Å². The fourth-order valence-electron chi connectivity index (χ4n) is 1.88. The highest BCUT2D eigenvalue weighted by molar-refractivity contribution is 7.98. The number of nitrogens with one attached hydrogen (secondary N) is 1. The lowest BCUT2D eigenvalue weighted by molar-refractivity contribution is 0.265. The van der Waals surface area contributed by atoms with Crippen LogP contribution in [0.1, 0.15) is 44.8 Å². The molecule has 104 valence electrons. The molecule has 5 heteroatoms. The monoisotopic (exact) mass is 271 g/mol. The molecule has 0 aliphatic heterocycles. The first-order chi connectivity index (χ1) is 8.58. The lowest BCUT2D eigenvalue weighted by Crippen LogP contribution is -2.34. The Morgan fingerprint density at radius 3 is 2.67 bits per heavy atom. The van der Waals surface area contributed by atoms with Gasteiger partial charge >= 0.3 is 0 Å². The standard InChI is InChI=1S/C13H25N3OS/c1-10(2)16-8-12(7-14-16)11(3)15-13(5-6-17)9-18-4/h7-8,10-11,13,15,17H,5-6,9H2,1-4H3. The smallest absolute Gasteiger partial charge is 0.0537 e. The molecular formula is C13H25N3OS. The van der Waals surface area contributed by atoms with Gasteiger partial charge in [0.15, 0.2) is 0 Å². The van der Waals surface area contributed by atoms with Crippen molar-refractivity contribution in [2.24, 2.45) is 0 Å². The minimum Gasteiger partial charge on any atom is -0.396 e. The summed E-state index contributed by atoms with van der Waals surface area (Å²) in [6, 6.07) is 1.01. The van der Waals surface area contributed by atoms with E-state index >= 15 is 0 Å². The maximum Gasteiger partial charge on any atom is 0.0537 e. The van der Waals surface area contributed by atoms with E-state index in [-0.39, 0.29) is 12.6 Å². The second kappa shape index (κ2) is 7.81. The number of aromatic nitrogens is 2. The topological polar surface area (TPSA) is 50.1 Å². The van der Waals surface area contributed by atoms with E-state index in [0.29, 0.717) is 12.1 Å². The molecule has 2 atom stereocenters. The predicted octanol–water partition coefficient (Wildman–Crippen LogP) is 2.23. The lowest BCUT2D eigenvalue weighted by Gasteiger charge is -2.21. The van der Waals surface area contributed by atoms with Gasteiger partial charge in [-0.1, -0.05) is 0 Å². The van der Waals surface area contributed by atoms with Crippen LogP contribution in [-0.4, -0.2) is 39.5 Å². The summed E-state index contributed by atoms with van der Waals surface area (Å²) in [5.74, 6) is 1.02. The van der Waals surface area contributed by atoms with Crippen molar-refractivity contribution in [3.05, 3.63) is 18.0 Å². The Bertz CT molecular complexity index is 335. The highest BCUT2D eigenvalue weighted by Gasteiger charge is 2.14. The van der Waals surface area contributed by atoms with E-state index in [1.165, 1.54) is 5.56 Å². The van der Waals surface area contributed by atoms with E-state index in [1.807, 2.05) is 10.9 Å². The number of aliphatic hydroxyl groups excluding tert-OH is 1. The van der Waals surface area contributed by atoms with Gasteiger partial charge in [-0.05, 0) is 33.4 Å². The summed E-state index contributed by atoms with van der Waals surface area (Å²) in [6.07, 6.45) is 6.90. The summed E-state index contributed by atoms with van der Waals surface area (Å²) in [5, 5.41) is 17.0. The summed E-state index contributed by atoms with van der Waals surface area (Å²) >= 11 is 1.80. The van der Waals surface area contributed by atoms with Gasteiger partial charge in [0, 0.05) is 42.2 Å². The molecule has 1 aromatic rings. The first kappa shape index (κ1) is 15.5. The van der Waals surface area contributed by atoms with Gasteiger partial charge in [0.2, 0.25) is 0 Å². The van der Waals surface area contributed by atoms with Crippen LogP contribution in [0.3, 0.4) is 0 Å². The molecular weight excluding hydrogens is 246 g/mol. The van der Waals surface area contributed by atoms with Crippen molar-refractivity contribution in [1.29, 1.82) is 0 Å². The third-order valence-corrected chi connectivity index (χ3v) is 3.72. The minimum absolute atomic E-state index is 0.232. The molecule has 18 heavy (non-hydrogen) atoms. The Morgan fingerprint density at radius 2 is 2.17 bits per heavy atom. The number of nitrogens with zero attached hydrogens (tertiary/aromatic N) is 2. The largest absolute Gasteiger partial charge is 0.396 e. The predicted molar refractivity (Wildman–Crippen MR) is 78.0 cm³/mol. The average molecular weight is 271 g/mol. The maximum atomic E-state index is 9.06. The summed E-state index contributed by atoms with van der Waals surface area (Å²) in [5.41, 5.74) is 1.20. The van der Waals surface area contributed by atoms with Gasteiger partial charge in [0.05, 0.1) is 6.20 Å². The van der Waals surface area contributed by atoms with Crippen LogP contribution in [0.5, 0.6) is 0 Å². The van der Waals surface area contributed by atoms with Crippen LogP contribution in [0.2, 0.25) is 0 Å². The van der Waals surface area contributed by atoms with E-state index in [2.05, 4.69) is 43.6 Å². The SMILES string of the molecule is CSCC(CCO)NC(C)c1cnn(C(C)C)c1. The summed E-state index contributed by atoms with van der Waals surface area (Å²) in [4.78, 5) is 0. The minimum atomic E-state index is 0.232. The van der Waals surface area contributed by atoms with Gasteiger partial charge in [-0.3, -0.25) is 4.68 Å². The van der Waals surface area contributed by atoms with Gasteiger partial charge in [-0.25, -0.2) is 0 Å². The highest BCUT2D eigenvalue weighted by Crippen LogP contribution is 2.15. The molecule has 0 amide bonds. The van der Waals surface area contributed by atoms with Crippen LogP contribution >= 0.6 is 11.8 Å². The fraction of sp³-hybridized carbons (Fsp3) is 0.769. The van der Waals surface area contributed by atoms with Gasteiger partial charge < -0.3 is 10.4 Å². The maximum absolute atomic E-state index is 9.06. The lowest BCUT2D eigenvalue weighted by atomic mass is 10.1. The number of hydrogen-bond acceptors (Lipinski definition) is 4. The molecule has 0 radical (unpaired) electrons. The molecule has 0 aliphatic rings. The van der Waals surface area contributed by atoms with Crippen LogP contribution in [0, 0.1) is 0 Å². The number of aliphatic hydroxyl groups is 1. The summed E-state index contributed by atoms with van der Waals surface area (Å²) < 4.78 is 1.98. The first-order valence-electron chi connectivity index (χ1n) is 6.48. The molecule has 4 nitrogen and oxygen atoms in total. The number of rotatable bonds is 8. The molecule has 1 aromatic heterocycles. The summed E-state index contributed by atoms with van der Waals surface area (Å²) in [6.45, 7) is 6.62. The fourth-order valence-corrected chi connectivity index (χ4v) is 2.55. The second-order valence-corrected chi connectivity index (χ2v) is 5.81. The highest BCUT2D eigenvalue weighted by atomic mass is 32.2. The van der Waals surface area contributed by atoms with E-state index in [4.69, 9.17) is 5.11 Å². The van der Waals surface area contributed by atoms with E-state index < -0.39 is 0 Å². The van der Waals surface area contributed by atoms with Crippen molar-refractivity contribution < 1.29 is 5.11 Å². The van der Waals surface area contributed by atoms with Gasteiger partial charge in [-0.15, -0.1) is 0 Å². The molecule has 2 N–H and O–H groups in total. The van der Waals surface area contributed by atoms with Crippen molar-refractivity contribution in [2.45, 2.75) is 45.3 Å². The third kappa shape index (κ3) is 4.63. The molecule has 0 aliphatic carbocycles. The zero-order valence-electron chi connectivity index (χ0n) is 11.8. The zero-order chi connectivity index (χ0) is 13.5. The normalized spacial score (nSPS) is 15.0. The van der Waals surface area contributed by atoms with Gasteiger partial charge in [-0.2, -0.15) is 16.9 Å². The molecule has 0 saturated heterocycles. The van der Waals surface area contributed by atoms with E-state index in [0.717, 1.165) is 12.2 Å². The summed E-state index contributed by atoms with van der Waals surface area (Å²) in [7, 11) is 0. The zero-order valence-corrected chi connectivity index (χ0v) is 12.6. The molecule has 0 spiro atoms. The Kier molecular flexibility index (Phi) is 6.75. The van der Waals surface area contributed by atoms with Crippen molar-refractivity contribution in [3.8, 4) is 0 Å². The average Bonchev–Trinajstić information content (AvgIpc) is 2.79. The van der Waals surface area contributed by atoms with Gasteiger partial charge in [0.1, 0.15) is 0 Å². The van der Waals surface area contributed by atoms with Crippen molar-refractivity contribution in [3.63, 3.8) is 0 Å². The van der Waals surface area contributed by atoms with Crippen LogP contribution < -0.4 is 5.32 Å². The van der Waals surface area contributed by atoms with E-state index in [9.17, 15) is 0 Å². The Balaban J connectivity index is 2.58. The molecule has 0 aromatic carbocycles. The first-order valence-corrected chi connectivity index (χ1v) is 7.87. The second-order valence-electron chi connectivity index (χ2n) is 4.90. The molecule has 2 unspecified atom stereocenters. The molecule has 0 saturated carbocycles. The van der Waals surface area contributed by atoms with Crippen LogP contribution in [0.4, 0.5) is 0 Å². The van der Waals surface area contributed by atoms with Crippen molar-refractivity contribution in [1.82, 2.24) is 15.1 Å². The van der Waals surface area contributed by atoms with Crippen LogP contribution in [0.25, 0.3) is 0 Å². The molecule has 1 rings (SSSR count).